The van der Waals surface area contributed by atoms with Crippen LogP contribution >= 0.6 is 0 Å². The molecule has 0 aromatic heterocycles. The van der Waals surface area contributed by atoms with Gasteiger partial charge in [-0.15, -0.1) is 0 Å². The summed E-state index contributed by atoms with van der Waals surface area (Å²) in [6.07, 6.45) is 0.737. The highest BCUT2D eigenvalue weighted by atomic mass is 16.7. The van der Waals surface area contributed by atoms with E-state index in [1.165, 1.54) is 0 Å². The second kappa shape index (κ2) is 5.76. The highest BCUT2D eigenvalue weighted by Crippen LogP contribution is 2.36. The molecule has 1 fully saturated rings. The van der Waals surface area contributed by atoms with E-state index >= 15 is 0 Å². The molecule has 1 saturated heterocycles. The fourth-order valence-corrected chi connectivity index (χ4v) is 2.09. The van der Waals surface area contributed by atoms with Gasteiger partial charge in [0.2, 0.25) is 0 Å². The molecule has 0 amide bonds. The van der Waals surface area contributed by atoms with Crippen LogP contribution < -0.4 is 10.8 Å². The zero-order chi connectivity index (χ0) is 14.8. The van der Waals surface area contributed by atoms with E-state index in [1.54, 1.807) is 0 Å². The first-order chi connectivity index (χ1) is 9.36. The molecule has 4 nitrogen and oxygen atoms in total. The number of benzene rings is 1. The third-order valence-corrected chi connectivity index (χ3v) is 4.08. The Morgan fingerprint density at radius 2 is 1.80 bits per heavy atom. The molecule has 0 atom stereocenters. The van der Waals surface area contributed by atoms with E-state index in [0.29, 0.717) is 0 Å². The van der Waals surface area contributed by atoms with Crippen LogP contribution in [-0.4, -0.2) is 36.6 Å². The summed E-state index contributed by atoms with van der Waals surface area (Å²) in [6, 6.07) is 8.05. The van der Waals surface area contributed by atoms with Crippen molar-refractivity contribution in [3.8, 4) is 0 Å². The number of aliphatic hydroxyl groups excluding tert-OH is 1. The highest BCUT2D eigenvalue weighted by Gasteiger charge is 2.51. The largest absolute Gasteiger partial charge is 0.494 e. The lowest BCUT2D eigenvalue weighted by Crippen LogP contribution is -2.41. The van der Waals surface area contributed by atoms with Crippen LogP contribution in [0.3, 0.4) is 0 Å². The van der Waals surface area contributed by atoms with Crippen molar-refractivity contribution in [3.63, 3.8) is 0 Å². The lowest BCUT2D eigenvalue weighted by Gasteiger charge is -2.32. The zero-order valence-corrected chi connectivity index (χ0v) is 12.8. The molecule has 0 unspecified atom stereocenters. The Morgan fingerprint density at radius 1 is 1.15 bits per heavy atom. The van der Waals surface area contributed by atoms with Crippen molar-refractivity contribution in [1.29, 1.82) is 0 Å². The van der Waals surface area contributed by atoms with Gasteiger partial charge in [0, 0.05) is 18.8 Å². The van der Waals surface area contributed by atoms with E-state index in [0.717, 1.165) is 24.1 Å². The van der Waals surface area contributed by atoms with E-state index in [9.17, 15) is 0 Å². The van der Waals surface area contributed by atoms with Crippen LogP contribution in [0.5, 0.6) is 0 Å². The Morgan fingerprint density at radius 3 is 2.40 bits per heavy atom. The Hall–Kier alpha value is -1.04. The van der Waals surface area contributed by atoms with E-state index < -0.39 is 0 Å². The molecule has 2 N–H and O–H groups in total. The average Bonchev–Trinajstić information content (AvgIpc) is 2.59. The first-order valence-corrected chi connectivity index (χ1v) is 7.16. The molecule has 0 bridgehead atoms. The standard InChI is InChI=1S/C15H24BNO3/c1-14(2)15(3,4)20-16(19-14)12-7-5-8-13(11-12)17-9-6-10-18/h5,7-8,11,17-18H,6,9-10H2,1-4H3. The van der Waals surface area contributed by atoms with Crippen molar-refractivity contribution in [3.05, 3.63) is 24.3 Å². The van der Waals surface area contributed by atoms with Crippen LogP contribution in [0.25, 0.3) is 0 Å². The number of aliphatic hydroxyl groups is 1. The molecule has 110 valence electrons. The molecule has 1 aliphatic rings. The van der Waals surface area contributed by atoms with E-state index in [2.05, 4.69) is 33.0 Å². The van der Waals surface area contributed by atoms with Gasteiger partial charge in [0.15, 0.2) is 0 Å². The molecule has 1 heterocycles. The molecular weight excluding hydrogens is 253 g/mol. The summed E-state index contributed by atoms with van der Waals surface area (Å²) < 4.78 is 12.1. The van der Waals surface area contributed by atoms with Gasteiger partial charge in [-0.1, -0.05) is 12.1 Å². The number of hydrogen-bond donors (Lipinski definition) is 2. The van der Waals surface area contributed by atoms with Gasteiger partial charge in [0.1, 0.15) is 0 Å². The number of rotatable bonds is 5. The van der Waals surface area contributed by atoms with Gasteiger partial charge in [-0.25, -0.2) is 0 Å². The second-order valence-electron chi connectivity index (χ2n) is 6.22. The van der Waals surface area contributed by atoms with Crippen molar-refractivity contribution >= 4 is 18.3 Å². The molecule has 1 aromatic carbocycles. The minimum atomic E-state index is -0.334. The third kappa shape index (κ3) is 3.16. The fourth-order valence-electron chi connectivity index (χ4n) is 2.09. The summed E-state index contributed by atoms with van der Waals surface area (Å²) in [5.41, 5.74) is 1.39. The molecule has 5 heteroatoms. The zero-order valence-electron chi connectivity index (χ0n) is 12.8. The summed E-state index contributed by atoms with van der Waals surface area (Å²) in [6.45, 7) is 9.16. The molecule has 2 rings (SSSR count). The van der Waals surface area contributed by atoms with Crippen LogP contribution in [0, 0.1) is 0 Å². The van der Waals surface area contributed by atoms with Crippen LogP contribution in [0.1, 0.15) is 34.1 Å². The number of hydrogen-bond acceptors (Lipinski definition) is 4. The molecule has 0 saturated carbocycles. The predicted octanol–water partition coefficient (Wildman–Crippen LogP) is 1.78. The number of anilines is 1. The first-order valence-electron chi connectivity index (χ1n) is 7.16. The monoisotopic (exact) mass is 277 g/mol. The highest BCUT2D eigenvalue weighted by molar-refractivity contribution is 6.62. The quantitative estimate of drug-likeness (QED) is 0.636. The van der Waals surface area contributed by atoms with Crippen molar-refractivity contribution in [2.75, 3.05) is 18.5 Å². The Kier molecular flexibility index (Phi) is 4.42. The van der Waals surface area contributed by atoms with E-state index in [1.807, 2.05) is 24.3 Å². The minimum absolute atomic E-state index is 0.198. The summed E-state index contributed by atoms with van der Waals surface area (Å²) >= 11 is 0. The SMILES string of the molecule is CC1(C)OB(c2cccc(NCCCO)c2)OC1(C)C. The fraction of sp³-hybridized carbons (Fsp3) is 0.600. The maximum Gasteiger partial charge on any atom is 0.494 e. The normalized spacial score (nSPS) is 20.1. The molecular formula is C15H24BNO3. The third-order valence-electron chi connectivity index (χ3n) is 4.08. The lowest BCUT2D eigenvalue weighted by atomic mass is 9.79. The van der Waals surface area contributed by atoms with Gasteiger partial charge in [-0.2, -0.15) is 0 Å². The topological polar surface area (TPSA) is 50.7 Å². The van der Waals surface area contributed by atoms with Gasteiger partial charge in [-0.3, -0.25) is 0 Å². The minimum Gasteiger partial charge on any atom is -0.399 e. The summed E-state index contributed by atoms with van der Waals surface area (Å²) in [7, 11) is -0.334. The Balaban J connectivity index is 2.09. The molecule has 1 aromatic rings. The molecule has 0 spiro atoms. The predicted molar refractivity (Wildman–Crippen MR) is 82.4 cm³/mol. The van der Waals surface area contributed by atoms with Crippen molar-refractivity contribution in [1.82, 2.24) is 0 Å². The maximum absolute atomic E-state index is 8.81. The second-order valence-corrected chi connectivity index (χ2v) is 6.22. The first kappa shape index (κ1) is 15.4. The Bertz CT molecular complexity index is 446. The van der Waals surface area contributed by atoms with Crippen LogP contribution in [-0.2, 0) is 9.31 Å². The van der Waals surface area contributed by atoms with Gasteiger partial charge in [0.25, 0.3) is 0 Å². The van der Waals surface area contributed by atoms with Crippen molar-refractivity contribution in [2.45, 2.75) is 45.3 Å². The molecule has 1 aliphatic heterocycles. The average molecular weight is 277 g/mol. The summed E-state index contributed by atoms with van der Waals surface area (Å²) in [5, 5.41) is 12.1. The summed E-state index contributed by atoms with van der Waals surface area (Å²) in [5.74, 6) is 0. The van der Waals surface area contributed by atoms with Crippen LogP contribution in [0.15, 0.2) is 24.3 Å². The van der Waals surface area contributed by atoms with Gasteiger partial charge >= 0.3 is 7.12 Å². The van der Waals surface area contributed by atoms with Gasteiger partial charge in [0.05, 0.1) is 11.2 Å². The van der Waals surface area contributed by atoms with E-state index in [4.69, 9.17) is 14.4 Å². The number of nitrogens with one attached hydrogen (secondary N) is 1. The molecule has 20 heavy (non-hydrogen) atoms. The Labute approximate surface area is 121 Å². The van der Waals surface area contributed by atoms with Crippen LogP contribution in [0.4, 0.5) is 5.69 Å². The van der Waals surface area contributed by atoms with Crippen molar-refractivity contribution in [2.24, 2.45) is 0 Å². The lowest BCUT2D eigenvalue weighted by molar-refractivity contribution is 0.00578. The smallest absolute Gasteiger partial charge is 0.399 e. The summed E-state index contributed by atoms with van der Waals surface area (Å²) in [4.78, 5) is 0. The van der Waals surface area contributed by atoms with Crippen LogP contribution in [0.2, 0.25) is 0 Å². The van der Waals surface area contributed by atoms with Gasteiger partial charge < -0.3 is 19.7 Å². The van der Waals surface area contributed by atoms with Crippen molar-refractivity contribution < 1.29 is 14.4 Å². The maximum atomic E-state index is 8.81. The van der Waals surface area contributed by atoms with E-state index in [-0.39, 0.29) is 24.9 Å². The molecule has 0 radical (unpaired) electrons. The molecule has 0 aliphatic carbocycles. The van der Waals surface area contributed by atoms with Gasteiger partial charge in [-0.05, 0) is 51.7 Å².